The van der Waals surface area contributed by atoms with Crippen LogP contribution in [-0.4, -0.2) is 22.8 Å². The first-order valence-electron chi connectivity index (χ1n) is 4.76. The maximum Gasteiger partial charge on any atom is 0.392 e. The normalized spacial score (nSPS) is 11.3. The summed E-state index contributed by atoms with van der Waals surface area (Å²) in [5.74, 6) is 0.0945. The van der Waals surface area contributed by atoms with Crippen molar-refractivity contribution in [2.75, 3.05) is 6.61 Å². The van der Waals surface area contributed by atoms with Crippen LogP contribution in [0.1, 0.15) is 17.7 Å². The van der Waals surface area contributed by atoms with Gasteiger partial charge in [-0.3, -0.25) is 0 Å². The van der Waals surface area contributed by atoms with E-state index in [2.05, 4.69) is 4.98 Å². The zero-order valence-corrected chi connectivity index (χ0v) is 9.86. The maximum atomic E-state index is 11.9. The zero-order chi connectivity index (χ0) is 13.1. The predicted molar refractivity (Wildman–Crippen MR) is 61.0 cm³/mol. The smallest absolute Gasteiger partial charge is 0.392 e. The SMILES string of the molecule is Cc1cc(C(N)=S)cc(OCCC(F)(F)F)n1. The Labute approximate surface area is 102 Å². The first-order chi connectivity index (χ1) is 7.78. The summed E-state index contributed by atoms with van der Waals surface area (Å²) in [6, 6.07) is 3.06. The van der Waals surface area contributed by atoms with E-state index in [0.717, 1.165) is 0 Å². The van der Waals surface area contributed by atoms with Crippen molar-refractivity contribution in [2.45, 2.75) is 19.5 Å². The van der Waals surface area contributed by atoms with Gasteiger partial charge in [-0.05, 0) is 13.0 Å². The molecule has 0 amide bonds. The van der Waals surface area contributed by atoms with Crippen molar-refractivity contribution in [3.63, 3.8) is 0 Å². The number of aromatic nitrogens is 1. The van der Waals surface area contributed by atoms with Crippen LogP contribution >= 0.6 is 12.2 Å². The van der Waals surface area contributed by atoms with Gasteiger partial charge in [0.2, 0.25) is 5.88 Å². The topological polar surface area (TPSA) is 48.1 Å². The highest BCUT2D eigenvalue weighted by Gasteiger charge is 2.26. The minimum Gasteiger partial charge on any atom is -0.477 e. The van der Waals surface area contributed by atoms with E-state index in [4.69, 9.17) is 22.7 Å². The van der Waals surface area contributed by atoms with Gasteiger partial charge in [-0.1, -0.05) is 12.2 Å². The molecule has 0 saturated carbocycles. The third kappa shape index (κ3) is 4.99. The second-order valence-corrected chi connectivity index (χ2v) is 3.85. The van der Waals surface area contributed by atoms with Crippen molar-refractivity contribution >= 4 is 17.2 Å². The highest BCUT2D eigenvalue weighted by atomic mass is 32.1. The van der Waals surface area contributed by atoms with E-state index in [-0.39, 0.29) is 10.9 Å². The standard InChI is InChI=1S/C10H11F3N2OS/c1-6-4-7(9(14)17)5-8(15-6)16-3-2-10(11,12)13/h4-5H,2-3H2,1H3,(H2,14,17). The van der Waals surface area contributed by atoms with E-state index >= 15 is 0 Å². The summed E-state index contributed by atoms with van der Waals surface area (Å²) < 4.78 is 40.6. The van der Waals surface area contributed by atoms with Crippen LogP contribution in [0, 0.1) is 6.92 Å². The number of halogens is 3. The van der Waals surface area contributed by atoms with Crippen LogP contribution in [0.2, 0.25) is 0 Å². The third-order valence-electron chi connectivity index (χ3n) is 1.85. The molecule has 0 aliphatic heterocycles. The molecule has 0 aromatic carbocycles. The van der Waals surface area contributed by atoms with Crippen molar-refractivity contribution in [1.82, 2.24) is 4.98 Å². The second-order valence-electron chi connectivity index (χ2n) is 3.41. The monoisotopic (exact) mass is 264 g/mol. The van der Waals surface area contributed by atoms with Crippen molar-refractivity contribution < 1.29 is 17.9 Å². The Morgan fingerprint density at radius 3 is 2.65 bits per heavy atom. The molecule has 0 aliphatic rings. The molecule has 7 heteroatoms. The van der Waals surface area contributed by atoms with Crippen LogP contribution in [0.3, 0.4) is 0 Å². The predicted octanol–water partition coefficient (Wildman–Crippen LogP) is 2.36. The van der Waals surface area contributed by atoms with Crippen LogP contribution in [0.15, 0.2) is 12.1 Å². The largest absolute Gasteiger partial charge is 0.477 e. The Morgan fingerprint density at radius 2 is 2.12 bits per heavy atom. The van der Waals surface area contributed by atoms with Crippen molar-refractivity contribution in [3.8, 4) is 5.88 Å². The second kappa shape index (κ2) is 5.31. The Kier molecular flexibility index (Phi) is 4.28. The minimum atomic E-state index is -4.24. The molecule has 0 fully saturated rings. The molecular weight excluding hydrogens is 253 g/mol. The van der Waals surface area contributed by atoms with Crippen LogP contribution < -0.4 is 10.5 Å². The van der Waals surface area contributed by atoms with E-state index in [1.54, 1.807) is 13.0 Å². The molecule has 1 rings (SSSR count). The summed E-state index contributed by atoms with van der Waals surface area (Å²) in [5, 5.41) is 0. The van der Waals surface area contributed by atoms with Gasteiger partial charge in [0, 0.05) is 17.3 Å². The molecule has 3 nitrogen and oxygen atoms in total. The molecule has 0 bridgehead atoms. The Hall–Kier alpha value is -1.37. The number of thiocarbonyl (C=S) groups is 1. The summed E-state index contributed by atoms with van der Waals surface area (Å²) >= 11 is 4.77. The van der Waals surface area contributed by atoms with Gasteiger partial charge >= 0.3 is 6.18 Å². The molecule has 1 aromatic heterocycles. The number of hydrogen-bond acceptors (Lipinski definition) is 3. The molecule has 0 atom stereocenters. The number of ether oxygens (including phenoxy) is 1. The molecule has 0 aliphatic carbocycles. The number of aryl methyl sites for hydroxylation is 1. The number of nitrogens with two attached hydrogens (primary N) is 1. The lowest BCUT2D eigenvalue weighted by atomic mass is 10.2. The van der Waals surface area contributed by atoms with Gasteiger partial charge < -0.3 is 10.5 Å². The lowest BCUT2D eigenvalue weighted by molar-refractivity contribution is -0.139. The Balaban J connectivity index is 2.68. The Bertz CT molecular complexity index is 421. The van der Waals surface area contributed by atoms with Gasteiger partial charge in [-0.25, -0.2) is 4.98 Å². The van der Waals surface area contributed by atoms with Gasteiger partial charge in [-0.15, -0.1) is 0 Å². The highest BCUT2D eigenvalue weighted by Crippen LogP contribution is 2.20. The number of hydrogen-bond donors (Lipinski definition) is 1. The molecule has 17 heavy (non-hydrogen) atoms. The maximum absolute atomic E-state index is 11.9. The van der Waals surface area contributed by atoms with Crippen molar-refractivity contribution in [3.05, 3.63) is 23.4 Å². The highest BCUT2D eigenvalue weighted by molar-refractivity contribution is 7.80. The average molecular weight is 264 g/mol. The number of nitrogens with zero attached hydrogens (tertiary/aromatic N) is 1. The summed E-state index contributed by atoms with van der Waals surface area (Å²) in [7, 11) is 0. The van der Waals surface area contributed by atoms with Gasteiger partial charge in [0.1, 0.15) is 4.99 Å². The van der Waals surface area contributed by atoms with E-state index in [9.17, 15) is 13.2 Å². The summed E-state index contributed by atoms with van der Waals surface area (Å²) in [4.78, 5) is 4.08. The number of alkyl halides is 3. The van der Waals surface area contributed by atoms with Crippen LogP contribution in [0.5, 0.6) is 5.88 Å². The first-order valence-corrected chi connectivity index (χ1v) is 5.17. The van der Waals surface area contributed by atoms with E-state index in [1.807, 2.05) is 0 Å². The van der Waals surface area contributed by atoms with Crippen molar-refractivity contribution in [2.24, 2.45) is 5.73 Å². The molecule has 94 valence electrons. The van der Waals surface area contributed by atoms with Gasteiger partial charge in [-0.2, -0.15) is 13.2 Å². The van der Waals surface area contributed by atoms with Crippen LogP contribution in [0.4, 0.5) is 13.2 Å². The number of pyridine rings is 1. The molecular formula is C10H11F3N2OS. The van der Waals surface area contributed by atoms with Crippen molar-refractivity contribution in [1.29, 1.82) is 0 Å². The Morgan fingerprint density at radius 1 is 1.47 bits per heavy atom. The van der Waals surface area contributed by atoms with Gasteiger partial charge in [0.05, 0.1) is 13.0 Å². The summed E-state index contributed by atoms with van der Waals surface area (Å²) in [6.45, 7) is 1.20. The molecule has 0 unspecified atom stereocenters. The molecule has 2 N–H and O–H groups in total. The van der Waals surface area contributed by atoms with E-state index in [0.29, 0.717) is 11.3 Å². The lowest BCUT2D eigenvalue weighted by Gasteiger charge is -2.09. The average Bonchev–Trinajstić information content (AvgIpc) is 2.14. The van der Waals surface area contributed by atoms with Gasteiger partial charge in [0.25, 0.3) is 0 Å². The van der Waals surface area contributed by atoms with E-state index in [1.165, 1.54) is 6.07 Å². The molecule has 0 radical (unpaired) electrons. The quantitative estimate of drug-likeness (QED) is 0.848. The lowest BCUT2D eigenvalue weighted by Crippen LogP contribution is -2.14. The number of rotatable bonds is 4. The fraction of sp³-hybridized carbons (Fsp3) is 0.400. The fourth-order valence-corrected chi connectivity index (χ4v) is 1.24. The molecule has 1 aromatic rings. The summed E-state index contributed by atoms with van der Waals surface area (Å²) in [6.07, 6.45) is -5.26. The molecule has 1 heterocycles. The third-order valence-corrected chi connectivity index (χ3v) is 2.09. The first kappa shape index (κ1) is 13.7. The van der Waals surface area contributed by atoms with Gasteiger partial charge in [0.15, 0.2) is 0 Å². The molecule has 0 saturated heterocycles. The van der Waals surface area contributed by atoms with Crippen LogP contribution in [-0.2, 0) is 0 Å². The van der Waals surface area contributed by atoms with Crippen LogP contribution in [0.25, 0.3) is 0 Å². The summed E-state index contributed by atoms with van der Waals surface area (Å²) in [5.41, 5.74) is 6.52. The minimum absolute atomic E-state index is 0.0945. The molecule has 0 spiro atoms. The fourth-order valence-electron chi connectivity index (χ4n) is 1.13. The zero-order valence-electron chi connectivity index (χ0n) is 9.04. The van der Waals surface area contributed by atoms with E-state index < -0.39 is 19.2 Å².